The van der Waals surface area contributed by atoms with Crippen molar-refractivity contribution in [1.82, 2.24) is 9.80 Å². The molecule has 0 aromatic heterocycles. The predicted octanol–water partition coefficient (Wildman–Crippen LogP) is 0.360. The molecule has 0 aromatic carbocycles. The lowest BCUT2D eigenvalue weighted by Gasteiger charge is -2.27. The maximum absolute atomic E-state index is 12.0. The van der Waals surface area contributed by atoms with Crippen molar-refractivity contribution in [3.8, 4) is 0 Å². The van der Waals surface area contributed by atoms with Crippen LogP contribution < -0.4 is 0 Å². The number of hydrogen-bond acceptors (Lipinski definition) is 3. The Morgan fingerprint density at radius 3 is 2.41 bits per heavy atom. The van der Waals surface area contributed by atoms with Gasteiger partial charge in [0.1, 0.15) is 0 Å². The number of aliphatic hydroxyl groups excluding tert-OH is 1. The van der Waals surface area contributed by atoms with Gasteiger partial charge in [-0.05, 0) is 19.3 Å². The third-order valence-electron chi connectivity index (χ3n) is 2.78. The number of hydrogen-bond donors (Lipinski definition) is 2. The predicted molar refractivity (Wildman–Crippen MR) is 61.7 cm³/mol. The van der Waals surface area contributed by atoms with E-state index in [1.165, 1.54) is 4.90 Å². The molecule has 0 atom stereocenters. The minimum absolute atomic E-state index is 0.0365. The molecule has 98 valence electrons. The van der Waals surface area contributed by atoms with Gasteiger partial charge in [0.15, 0.2) is 0 Å². The van der Waals surface area contributed by atoms with E-state index >= 15 is 0 Å². The summed E-state index contributed by atoms with van der Waals surface area (Å²) in [5.41, 5.74) is 0. The zero-order valence-corrected chi connectivity index (χ0v) is 10.1. The number of rotatable bonds is 7. The van der Waals surface area contributed by atoms with Gasteiger partial charge in [0.25, 0.3) is 0 Å². The fourth-order valence-electron chi connectivity index (χ4n) is 1.71. The fourth-order valence-corrected chi connectivity index (χ4v) is 1.71. The lowest BCUT2D eigenvalue weighted by molar-refractivity contribution is -0.137. The van der Waals surface area contributed by atoms with E-state index < -0.39 is 5.97 Å². The summed E-state index contributed by atoms with van der Waals surface area (Å²) in [6, 6.07) is 0.142. The molecule has 17 heavy (non-hydrogen) atoms. The molecule has 0 spiro atoms. The summed E-state index contributed by atoms with van der Waals surface area (Å²) in [6.07, 6.45) is 2.51. The van der Waals surface area contributed by atoms with Crippen molar-refractivity contribution in [3.05, 3.63) is 0 Å². The van der Waals surface area contributed by atoms with Crippen molar-refractivity contribution >= 4 is 12.0 Å². The zero-order chi connectivity index (χ0) is 12.8. The van der Waals surface area contributed by atoms with Crippen molar-refractivity contribution < 1.29 is 19.8 Å². The molecule has 0 aromatic rings. The number of nitrogens with zero attached hydrogens (tertiary/aromatic N) is 2. The highest BCUT2D eigenvalue weighted by Gasteiger charge is 2.33. The van der Waals surface area contributed by atoms with Crippen molar-refractivity contribution in [2.75, 3.05) is 26.7 Å². The molecule has 0 bridgehead atoms. The minimum atomic E-state index is -0.847. The van der Waals surface area contributed by atoms with Gasteiger partial charge in [-0.15, -0.1) is 0 Å². The van der Waals surface area contributed by atoms with Gasteiger partial charge in [-0.3, -0.25) is 4.79 Å². The first-order chi connectivity index (χ1) is 8.06. The Labute approximate surface area is 101 Å². The topological polar surface area (TPSA) is 81.1 Å². The second-order valence-electron chi connectivity index (χ2n) is 4.35. The van der Waals surface area contributed by atoms with Crippen molar-refractivity contribution in [2.24, 2.45) is 0 Å². The normalized spacial score (nSPS) is 14.5. The summed E-state index contributed by atoms with van der Waals surface area (Å²) in [5, 5.41) is 17.4. The van der Waals surface area contributed by atoms with E-state index in [2.05, 4.69) is 0 Å². The van der Waals surface area contributed by atoms with Crippen LogP contribution in [-0.4, -0.2) is 64.8 Å². The number of carbonyl (C=O) groups excluding carboxylic acids is 1. The van der Waals surface area contributed by atoms with E-state index in [0.29, 0.717) is 19.5 Å². The van der Waals surface area contributed by atoms with Crippen LogP contribution in [0.3, 0.4) is 0 Å². The number of carboxylic acid groups (broad SMARTS) is 1. The quantitative estimate of drug-likeness (QED) is 0.677. The summed E-state index contributed by atoms with van der Waals surface area (Å²) in [7, 11) is 1.66. The van der Waals surface area contributed by atoms with Gasteiger partial charge < -0.3 is 20.0 Å². The molecule has 2 N–H and O–H groups in total. The number of carbonyl (C=O) groups is 2. The van der Waals surface area contributed by atoms with Gasteiger partial charge in [-0.25, -0.2) is 4.79 Å². The first-order valence-corrected chi connectivity index (χ1v) is 5.90. The van der Waals surface area contributed by atoms with Gasteiger partial charge in [0, 0.05) is 32.6 Å². The highest BCUT2D eigenvalue weighted by atomic mass is 16.4. The van der Waals surface area contributed by atoms with Crippen LogP contribution in [0.25, 0.3) is 0 Å². The number of carboxylic acids is 1. The smallest absolute Gasteiger partial charge is 0.320 e. The van der Waals surface area contributed by atoms with Crippen LogP contribution in [0.4, 0.5) is 4.79 Å². The molecule has 6 nitrogen and oxygen atoms in total. The molecule has 6 heteroatoms. The van der Waals surface area contributed by atoms with Gasteiger partial charge in [-0.2, -0.15) is 0 Å². The molecular weight excluding hydrogens is 224 g/mol. The molecule has 1 aliphatic carbocycles. The standard InChI is InChI=1S/C11H20N2O4/c1-12(6-2-3-10(15)16)11(17)13(7-8-14)9-4-5-9/h9,14H,2-8H2,1H3,(H,15,16). The third-order valence-corrected chi connectivity index (χ3v) is 2.78. The van der Waals surface area contributed by atoms with Gasteiger partial charge >= 0.3 is 12.0 Å². The Hall–Kier alpha value is -1.30. The van der Waals surface area contributed by atoms with Crippen LogP contribution in [0.5, 0.6) is 0 Å². The molecule has 2 amide bonds. The molecule has 1 fully saturated rings. The third kappa shape index (κ3) is 4.60. The Morgan fingerprint density at radius 2 is 1.94 bits per heavy atom. The number of amides is 2. The summed E-state index contributed by atoms with van der Waals surface area (Å²) >= 11 is 0. The van der Waals surface area contributed by atoms with Crippen LogP contribution >= 0.6 is 0 Å². The molecule has 0 radical (unpaired) electrons. The second kappa shape index (κ2) is 6.44. The maximum atomic E-state index is 12.0. The van der Waals surface area contributed by atoms with E-state index in [1.54, 1.807) is 11.9 Å². The zero-order valence-electron chi connectivity index (χ0n) is 10.1. The monoisotopic (exact) mass is 244 g/mol. The van der Waals surface area contributed by atoms with Crippen LogP contribution in [0.1, 0.15) is 25.7 Å². The van der Waals surface area contributed by atoms with Gasteiger partial charge in [0.05, 0.1) is 6.61 Å². The summed E-state index contributed by atoms with van der Waals surface area (Å²) < 4.78 is 0. The van der Waals surface area contributed by atoms with Crippen molar-refractivity contribution in [3.63, 3.8) is 0 Å². The molecule has 0 aliphatic heterocycles. The Bertz CT molecular complexity index is 279. The van der Waals surface area contributed by atoms with E-state index in [9.17, 15) is 9.59 Å². The summed E-state index contributed by atoms with van der Waals surface area (Å²) in [5.74, 6) is -0.847. The minimum Gasteiger partial charge on any atom is -0.481 e. The van der Waals surface area contributed by atoms with Gasteiger partial charge in [0.2, 0.25) is 0 Å². The second-order valence-corrected chi connectivity index (χ2v) is 4.35. The Kier molecular flexibility index (Phi) is 5.21. The van der Waals surface area contributed by atoms with E-state index in [0.717, 1.165) is 12.8 Å². The van der Waals surface area contributed by atoms with Crippen LogP contribution in [0.2, 0.25) is 0 Å². The molecule has 0 unspecified atom stereocenters. The number of aliphatic hydroxyl groups is 1. The van der Waals surface area contributed by atoms with Crippen molar-refractivity contribution in [2.45, 2.75) is 31.7 Å². The SMILES string of the molecule is CN(CCCC(=O)O)C(=O)N(CCO)C1CC1. The van der Waals surface area contributed by atoms with E-state index in [1.807, 2.05) is 0 Å². The van der Waals surface area contributed by atoms with Crippen LogP contribution in [-0.2, 0) is 4.79 Å². The van der Waals surface area contributed by atoms with E-state index in [-0.39, 0.29) is 25.1 Å². The fraction of sp³-hybridized carbons (Fsp3) is 0.818. The average molecular weight is 244 g/mol. The first-order valence-electron chi connectivity index (χ1n) is 5.90. The maximum Gasteiger partial charge on any atom is 0.320 e. The molecular formula is C11H20N2O4. The summed E-state index contributed by atoms with van der Waals surface area (Å²) in [6.45, 7) is 0.748. The molecule has 0 saturated heterocycles. The highest BCUT2D eigenvalue weighted by molar-refractivity contribution is 5.75. The van der Waals surface area contributed by atoms with E-state index in [4.69, 9.17) is 10.2 Å². The Balaban J connectivity index is 2.35. The summed E-state index contributed by atoms with van der Waals surface area (Å²) in [4.78, 5) is 25.5. The van der Waals surface area contributed by atoms with Crippen LogP contribution in [0, 0.1) is 0 Å². The molecule has 0 heterocycles. The lowest BCUT2D eigenvalue weighted by Crippen LogP contribution is -2.44. The first kappa shape index (κ1) is 13.8. The molecule has 1 saturated carbocycles. The lowest BCUT2D eigenvalue weighted by atomic mass is 10.3. The Morgan fingerprint density at radius 1 is 1.29 bits per heavy atom. The van der Waals surface area contributed by atoms with Gasteiger partial charge in [-0.1, -0.05) is 0 Å². The number of aliphatic carboxylic acids is 1. The largest absolute Gasteiger partial charge is 0.481 e. The number of urea groups is 1. The average Bonchev–Trinajstić information content (AvgIpc) is 3.08. The molecule has 1 aliphatic rings. The highest BCUT2D eigenvalue weighted by Crippen LogP contribution is 2.27. The van der Waals surface area contributed by atoms with Crippen LogP contribution in [0.15, 0.2) is 0 Å². The molecule has 1 rings (SSSR count). The van der Waals surface area contributed by atoms with Crippen molar-refractivity contribution in [1.29, 1.82) is 0 Å².